The fourth-order valence-electron chi connectivity index (χ4n) is 0. The third-order valence-electron chi connectivity index (χ3n) is 0. The van der Waals surface area contributed by atoms with Crippen molar-refractivity contribution in [3.05, 3.63) is 0 Å². The fourth-order valence-corrected chi connectivity index (χ4v) is 0. The average Bonchev–Trinajstić information content (AvgIpc) is 0.722. The van der Waals surface area contributed by atoms with Gasteiger partial charge in [-0.25, -0.2) is 0 Å². The van der Waals surface area contributed by atoms with Gasteiger partial charge in [-0.05, 0) is 0 Å². The predicted molar refractivity (Wildman–Crippen MR) is 29.2 cm³/mol. The van der Waals surface area contributed by atoms with Crippen LogP contribution in [0.15, 0.2) is 0 Å². The zero-order valence-corrected chi connectivity index (χ0v) is 10.1. The quantitative estimate of drug-likeness (QED) is 0.583. The van der Waals surface area contributed by atoms with Crippen LogP contribution in [0.5, 0.6) is 0 Å². The molecule has 0 saturated carbocycles. The Hall–Kier alpha value is 2.85. The van der Waals surface area contributed by atoms with Crippen LogP contribution >= 0.6 is 37.7 Å². The van der Waals surface area contributed by atoms with Gasteiger partial charge in [0, 0.05) is 29.6 Å². The van der Waals surface area contributed by atoms with Crippen molar-refractivity contribution in [3.63, 3.8) is 0 Å². The van der Waals surface area contributed by atoms with Crippen LogP contribution in [-0.2, 0) is 11.9 Å². The Morgan fingerprint density at radius 2 is 0.833 bits per heavy atom. The van der Waals surface area contributed by atoms with Crippen LogP contribution in [-0.4, -0.2) is 29.6 Å². The van der Waals surface area contributed by atoms with Crippen LogP contribution < -0.4 is 0 Å². The maximum atomic E-state index is 5.01. The smallest absolute Gasteiger partial charge is 0 e. The summed E-state index contributed by atoms with van der Waals surface area (Å²) in [6.45, 7) is 0. The van der Waals surface area contributed by atoms with Crippen LogP contribution in [0.4, 0.5) is 0 Å². The first-order valence-electron chi connectivity index (χ1n) is 0.478. The molecule has 0 spiro atoms. The van der Waals surface area contributed by atoms with Gasteiger partial charge in [0.1, 0.15) is 0 Å². The molecule has 0 heterocycles. The standard InChI is InChI=1S/4ClH.Na.Pt/h4*1H;;/q;;;;;+4/p-4. The fraction of sp³-hybridized carbons (Fsp3) is 0. The van der Waals surface area contributed by atoms with Gasteiger partial charge in [-0.1, -0.05) is 0 Å². The van der Waals surface area contributed by atoms with Gasteiger partial charge in [0.05, 0.1) is 0 Å². The van der Waals surface area contributed by atoms with Gasteiger partial charge in [-0.3, -0.25) is 0 Å². The molecule has 0 saturated heterocycles. The second-order valence-electron chi connectivity index (χ2n) is 0.271. The van der Waals surface area contributed by atoms with E-state index in [-0.39, 0.29) is 29.6 Å². The average molecular weight is 360 g/mol. The summed E-state index contributed by atoms with van der Waals surface area (Å²) in [5.74, 6) is 0. The molecule has 0 aliphatic rings. The third-order valence-corrected chi connectivity index (χ3v) is 0. The molecule has 1 radical (unpaired) electrons. The molecule has 0 aliphatic carbocycles. The number of halogens is 4. The van der Waals surface area contributed by atoms with Crippen LogP contribution in [0, 0.1) is 0 Å². The summed E-state index contributed by atoms with van der Waals surface area (Å²) in [6.07, 6.45) is 0. The maximum absolute atomic E-state index is 5.01. The minimum absolute atomic E-state index is 0. The van der Waals surface area contributed by atoms with E-state index in [1.54, 1.807) is 0 Å². The summed E-state index contributed by atoms with van der Waals surface area (Å²) < 4.78 is 0. The largest absolute Gasteiger partial charge is 0 e. The molecule has 0 fully saturated rings. The van der Waals surface area contributed by atoms with E-state index < -0.39 is 11.9 Å². The van der Waals surface area contributed by atoms with E-state index in [0.29, 0.717) is 0 Å². The van der Waals surface area contributed by atoms with Gasteiger partial charge in [0.25, 0.3) is 0 Å². The van der Waals surface area contributed by atoms with Gasteiger partial charge in [0.2, 0.25) is 0 Å². The van der Waals surface area contributed by atoms with Crippen molar-refractivity contribution in [1.29, 1.82) is 0 Å². The van der Waals surface area contributed by atoms with Crippen molar-refractivity contribution in [2.75, 3.05) is 0 Å². The molecule has 0 unspecified atom stereocenters. The van der Waals surface area contributed by atoms with Crippen molar-refractivity contribution in [2.45, 2.75) is 0 Å². The Bertz CT molecular complexity index is 23.0. The van der Waals surface area contributed by atoms with E-state index in [1.807, 2.05) is 0 Å². The molecule has 0 nitrogen and oxygen atoms in total. The number of rotatable bonds is 0. The van der Waals surface area contributed by atoms with E-state index in [9.17, 15) is 0 Å². The SMILES string of the molecule is [Cl][Pt]([Cl])([Cl])[Cl].[Na]. The topological polar surface area (TPSA) is 0 Å². The Labute approximate surface area is 77.7 Å². The van der Waals surface area contributed by atoms with E-state index in [0.717, 1.165) is 0 Å². The molecule has 0 bridgehead atoms. The van der Waals surface area contributed by atoms with E-state index in [2.05, 4.69) is 0 Å². The van der Waals surface area contributed by atoms with Crippen molar-refractivity contribution in [2.24, 2.45) is 0 Å². The Morgan fingerprint density at radius 3 is 0.833 bits per heavy atom. The maximum Gasteiger partial charge on any atom is 0 e. The van der Waals surface area contributed by atoms with Crippen molar-refractivity contribution in [1.82, 2.24) is 0 Å². The predicted octanol–water partition coefficient (Wildman–Crippen LogP) is 2.37. The second-order valence-corrected chi connectivity index (χ2v) is 20.0. The molecule has 0 aromatic carbocycles. The van der Waals surface area contributed by atoms with Gasteiger partial charge in [0.15, 0.2) is 0 Å². The first-order chi connectivity index (χ1) is 2.00. The molecule has 0 aromatic rings. The monoisotopic (exact) mass is 358 g/mol. The summed E-state index contributed by atoms with van der Waals surface area (Å²) in [6, 6.07) is 0. The number of hydrogen-bond donors (Lipinski definition) is 0. The van der Waals surface area contributed by atoms with Crippen molar-refractivity contribution in [3.8, 4) is 0 Å². The Morgan fingerprint density at radius 1 is 0.833 bits per heavy atom. The zero-order chi connectivity index (χ0) is 4.50. The molecule has 0 rings (SSSR count). The van der Waals surface area contributed by atoms with Crippen LogP contribution in [0.2, 0.25) is 0 Å². The van der Waals surface area contributed by atoms with Gasteiger partial charge >= 0.3 is 49.6 Å². The molecule has 39 valence electrons. The minimum Gasteiger partial charge on any atom is 0 e. The van der Waals surface area contributed by atoms with Gasteiger partial charge in [-0.2, -0.15) is 0 Å². The van der Waals surface area contributed by atoms with Crippen LogP contribution in [0.3, 0.4) is 0 Å². The van der Waals surface area contributed by atoms with E-state index in [1.165, 1.54) is 0 Å². The first kappa shape index (κ1) is 11.6. The first-order valence-corrected chi connectivity index (χ1v) is 11.7. The molecule has 0 amide bonds. The summed E-state index contributed by atoms with van der Waals surface area (Å²) in [4.78, 5) is 0. The summed E-state index contributed by atoms with van der Waals surface area (Å²) >= 11 is -3.06. The molecular formula is Cl4NaPt. The molecule has 0 aliphatic heterocycles. The molecular weight excluding hydrogens is 360 g/mol. The van der Waals surface area contributed by atoms with Gasteiger partial charge < -0.3 is 0 Å². The van der Waals surface area contributed by atoms with Crippen LogP contribution in [0.25, 0.3) is 0 Å². The molecule has 6 heteroatoms. The van der Waals surface area contributed by atoms with Gasteiger partial charge in [-0.15, -0.1) is 0 Å². The summed E-state index contributed by atoms with van der Waals surface area (Å²) in [5.41, 5.74) is 0. The van der Waals surface area contributed by atoms with E-state index in [4.69, 9.17) is 37.7 Å². The molecule has 0 atom stereocenters. The molecule has 0 aromatic heterocycles. The molecule has 6 heavy (non-hydrogen) atoms. The second kappa shape index (κ2) is 4.70. The summed E-state index contributed by atoms with van der Waals surface area (Å²) in [5, 5.41) is 0. The Kier molecular flexibility index (Phi) is 9.11. The van der Waals surface area contributed by atoms with Crippen molar-refractivity contribution < 1.29 is 11.9 Å². The third kappa shape index (κ3) is 28.9. The van der Waals surface area contributed by atoms with Crippen LogP contribution in [0.1, 0.15) is 0 Å². The van der Waals surface area contributed by atoms with E-state index >= 15 is 0 Å². The minimum atomic E-state index is -3.06. The van der Waals surface area contributed by atoms with Crippen molar-refractivity contribution >= 4 is 67.2 Å². The summed E-state index contributed by atoms with van der Waals surface area (Å²) in [7, 11) is 20.0. The Balaban J connectivity index is 0. The normalized spacial score (nSPS) is 12.7. The molecule has 0 N–H and O–H groups in total. The zero-order valence-electron chi connectivity index (χ0n) is 2.83. The number of hydrogen-bond acceptors (Lipinski definition) is 0.